The van der Waals surface area contributed by atoms with Crippen LogP contribution in [0.1, 0.15) is 63.3 Å². The lowest BCUT2D eigenvalue weighted by molar-refractivity contribution is 0.533. The van der Waals surface area contributed by atoms with Gasteiger partial charge in [0.1, 0.15) is 0 Å². The van der Waals surface area contributed by atoms with E-state index in [0.29, 0.717) is 0 Å². The van der Waals surface area contributed by atoms with Gasteiger partial charge in [-0.2, -0.15) is 0 Å². The first kappa shape index (κ1) is 14.6. The van der Waals surface area contributed by atoms with Crippen molar-refractivity contribution >= 4 is 0 Å². The van der Waals surface area contributed by atoms with Gasteiger partial charge in [-0.1, -0.05) is 19.8 Å². The summed E-state index contributed by atoms with van der Waals surface area (Å²) in [7, 11) is 0. The number of nitrogens with zero attached hydrogens (tertiary/aromatic N) is 2. The standard InChI is InChI=1S/C16H29N3/c1-2-11-17-12-7-3-4-8-13-19-14-18-15-9-5-6-10-16(15)19/h14,17H,2-13H2,1H3. The highest BCUT2D eigenvalue weighted by Crippen LogP contribution is 2.20. The quantitative estimate of drug-likeness (QED) is 0.693. The molecule has 0 bridgehead atoms. The minimum absolute atomic E-state index is 1.17. The molecular formula is C16H29N3. The van der Waals surface area contributed by atoms with E-state index in [1.165, 1.54) is 88.8 Å². The van der Waals surface area contributed by atoms with Gasteiger partial charge >= 0.3 is 0 Å². The van der Waals surface area contributed by atoms with Crippen molar-refractivity contribution in [2.45, 2.75) is 71.3 Å². The molecule has 0 saturated heterocycles. The third-order valence-electron chi connectivity index (χ3n) is 4.04. The van der Waals surface area contributed by atoms with Crippen LogP contribution in [0.25, 0.3) is 0 Å². The molecule has 0 radical (unpaired) electrons. The molecule has 0 aliphatic heterocycles. The topological polar surface area (TPSA) is 29.9 Å². The maximum Gasteiger partial charge on any atom is 0.0951 e. The van der Waals surface area contributed by atoms with Gasteiger partial charge in [0.15, 0.2) is 0 Å². The second-order valence-corrected chi connectivity index (χ2v) is 5.70. The normalized spacial score (nSPS) is 14.6. The van der Waals surface area contributed by atoms with Gasteiger partial charge in [0.05, 0.1) is 12.0 Å². The Labute approximate surface area is 117 Å². The molecule has 0 fully saturated rings. The summed E-state index contributed by atoms with van der Waals surface area (Å²) in [5, 5.41) is 3.47. The van der Waals surface area contributed by atoms with Crippen molar-refractivity contribution in [2.24, 2.45) is 0 Å². The molecule has 2 rings (SSSR count). The van der Waals surface area contributed by atoms with E-state index < -0.39 is 0 Å². The molecule has 3 nitrogen and oxygen atoms in total. The molecule has 3 heteroatoms. The first-order valence-corrected chi connectivity index (χ1v) is 8.15. The highest BCUT2D eigenvalue weighted by Gasteiger charge is 2.14. The second-order valence-electron chi connectivity index (χ2n) is 5.70. The van der Waals surface area contributed by atoms with Crippen LogP contribution in [0.15, 0.2) is 6.33 Å². The molecule has 108 valence electrons. The van der Waals surface area contributed by atoms with Crippen molar-refractivity contribution in [3.05, 3.63) is 17.7 Å². The molecule has 1 aliphatic rings. The molecular weight excluding hydrogens is 234 g/mol. The lowest BCUT2D eigenvalue weighted by atomic mass is 10.0. The largest absolute Gasteiger partial charge is 0.334 e. The number of imidazole rings is 1. The Bertz CT molecular complexity index is 357. The van der Waals surface area contributed by atoms with Crippen LogP contribution in [-0.2, 0) is 19.4 Å². The molecule has 1 aliphatic carbocycles. The first-order valence-electron chi connectivity index (χ1n) is 8.15. The van der Waals surface area contributed by atoms with Crippen molar-refractivity contribution in [3.63, 3.8) is 0 Å². The SMILES string of the molecule is CCCNCCCCCCn1cnc2c1CCCC2. The molecule has 0 spiro atoms. The number of aryl methyl sites for hydroxylation is 2. The molecule has 19 heavy (non-hydrogen) atoms. The van der Waals surface area contributed by atoms with Crippen LogP contribution >= 0.6 is 0 Å². The Morgan fingerprint density at radius 2 is 1.95 bits per heavy atom. The summed E-state index contributed by atoms with van der Waals surface area (Å²) in [6.45, 7) is 5.75. The number of hydrogen-bond donors (Lipinski definition) is 1. The van der Waals surface area contributed by atoms with Gasteiger partial charge < -0.3 is 9.88 Å². The molecule has 1 N–H and O–H groups in total. The van der Waals surface area contributed by atoms with Gasteiger partial charge in [0.2, 0.25) is 0 Å². The Kier molecular flexibility index (Phi) is 6.42. The fraction of sp³-hybridized carbons (Fsp3) is 0.812. The summed E-state index contributed by atoms with van der Waals surface area (Å²) >= 11 is 0. The third kappa shape index (κ3) is 4.64. The summed E-state index contributed by atoms with van der Waals surface area (Å²) in [6.07, 6.45) is 13.8. The van der Waals surface area contributed by atoms with Crippen LogP contribution in [0.5, 0.6) is 0 Å². The lowest BCUT2D eigenvalue weighted by Crippen LogP contribution is -2.15. The van der Waals surface area contributed by atoms with Crippen molar-refractivity contribution in [2.75, 3.05) is 13.1 Å². The van der Waals surface area contributed by atoms with Crippen LogP contribution in [-0.4, -0.2) is 22.6 Å². The van der Waals surface area contributed by atoms with Crippen molar-refractivity contribution < 1.29 is 0 Å². The average molecular weight is 263 g/mol. The van der Waals surface area contributed by atoms with Gasteiger partial charge in [-0.15, -0.1) is 0 Å². The summed E-state index contributed by atoms with van der Waals surface area (Å²) < 4.78 is 2.41. The Hall–Kier alpha value is -0.830. The van der Waals surface area contributed by atoms with Crippen molar-refractivity contribution in [1.82, 2.24) is 14.9 Å². The fourth-order valence-electron chi connectivity index (χ4n) is 2.91. The Morgan fingerprint density at radius 3 is 2.84 bits per heavy atom. The predicted molar refractivity (Wildman–Crippen MR) is 80.5 cm³/mol. The molecule has 0 unspecified atom stereocenters. The van der Waals surface area contributed by atoms with E-state index in [4.69, 9.17) is 0 Å². The van der Waals surface area contributed by atoms with Crippen molar-refractivity contribution in [1.29, 1.82) is 0 Å². The zero-order chi connectivity index (χ0) is 13.3. The van der Waals surface area contributed by atoms with Crippen LogP contribution in [0.3, 0.4) is 0 Å². The molecule has 0 aromatic carbocycles. The van der Waals surface area contributed by atoms with Gasteiger partial charge in [-0.05, 0) is 58.0 Å². The van der Waals surface area contributed by atoms with E-state index in [1.54, 1.807) is 0 Å². The van der Waals surface area contributed by atoms with Crippen LogP contribution in [0.4, 0.5) is 0 Å². The molecule has 0 atom stereocenters. The summed E-state index contributed by atoms with van der Waals surface area (Å²) in [4.78, 5) is 4.56. The van der Waals surface area contributed by atoms with Crippen LogP contribution < -0.4 is 5.32 Å². The van der Waals surface area contributed by atoms with E-state index in [-0.39, 0.29) is 0 Å². The molecule has 0 amide bonds. The van der Waals surface area contributed by atoms with E-state index in [2.05, 4.69) is 28.1 Å². The maximum atomic E-state index is 4.56. The number of nitrogens with one attached hydrogen (secondary N) is 1. The molecule has 1 aromatic rings. The Morgan fingerprint density at radius 1 is 1.11 bits per heavy atom. The Balaban J connectivity index is 1.57. The highest BCUT2D eigenvalue weighted by molar-refractivity contribution is 5.16. The van der Waals surface area contributed by atoms with Crippen molar-refractivity contribution in [3.8, 4) is 0 Å². The molecule has 0 saturated carbocycles. The first-order chi connectivity index (χ1) is 9.42. The predicted octanol–water partition coefficient (Wildman–Crippen LogP) is 3.32. The monoisotopic (exact) mass is 263 g/mol. The van der Waals surface area contributed by atoms with Crippen LogP contribution in [0, 0.1) is 0 Å². The number of unbranched alkanes of at least 4 members (excludes halogenated alkanes) is 3. The maximum absolute atomic E-state index is 4.56. The zero-order valence-corrected chi connectivity index (χ0v) is 12.5. The van der Waals surface area contributed by atoms with E-state index in [0.717, 1.165) is 0 Å². The third-order valence-corrected chi connectivity index (χ3v) is 4.04. The molecule has 1 aromatic heterocycles. The summed E-state index contributed by atoms with van der Waals surface area (Å²) in [5.41, 5.74) is 2.89. The average Bonchev–Trinajstić information content (AvgIpc) is 2.85. The van der Waals surface area contributed by atoms with E-state index >= 15 is 0 Å². The number of rotatable bonds is 9. The lowest BCUT2D eigenvalue weighted by Gasteiger charge is -2.13. The minimum atomic E-state index is 1.17. The second kappa shape index (κ2) is 8.36. The van der Waals surface area contributed by atoms with Crippen LogP contribution in [0.2, 0.25) is 0 Å². The van der Waals surface area contributed by atoms with Gasteiger partial charge in [0.25, 0.3) is 0 Å². The number of hydrogen-bond acceptors (Lipinski definition) is 2. The van der Waals surface area contributed by atoms with Gasteiger partial charge in [-0.25, -0.2) is 4.98 Å². The summed E-state index contributed by atoms with van der Waals surface area (Å²) in [5.74, 6) is 0. The summed E-state index contributed by atoms with van der Waals surface area (Å²) in [6, 6.07) is 0. The smallest absolute Gasteiger partial charge is 0.0951 e. The zero-order valence-electron chi connectivity index (χ0n) is 12.5. The highest BCUT2D eigenvalue weighted by atomic mass is 15.1. The fourth-order valence-corrected chi connectivity index (χ4v) is 2.91. The molecule has 1 heterocycles. The van der Waals surface area contributed by atoms with E-state index in [1.807, 2.05) is 0 Å². The van der Waals surface area contributed by atoms with Gasteiger partial charge in [0, 0.05) is 12.2 Å². The van der Waals surface area contributed by atoms with Gasteiger partial charge in [-0.3, -0.25) is 0 Å². The number of fused-ring (bicyclic) bond motifs is 1. The van der Waals surface area contributed by atoms with E-state index in [9.17, 15) is 0 Å². The number of aromatic nitrogens is 2. The minimum Gasteiger partial charge on any atom is -0.334 e.